The van der Waals surface area contributed by atoms with Crippen molar-refractivity contribution in [1.82, 2.24) is 15.2 Å². The molecule has 2 aromatic rings. The minimum Gasteiger partial charge on any atom is -0.360 e. The number of fused-ring (bicyclic) bond motifs is 1. The fourth-order valence-corrected chi connectivity index (χ4v) is 2.81. The van der Waals surface area contributed by atoms with Crippen LogP contribution in [0.1, 0.15) is 24.2 Å². The first kappa shape index (κ1) is 17.0. The number of carbonyl (C=O) groups excluding carboxylic acids is 1. The molecule has 2 N–H and O–H groups in total. The molecule has 1 aromatic heterocycles. The number of likely N-dealkylation sites (N-methyl/N-ethyl adjacent to an activating group) is 1. The molecule has 0 spiro atoms. The Morgan fingerprint density at radius 3 is 2.73 bits per heavy atom. The molecule has 22 heavy (non-hydrogen) atoms. The lowest BCUT2D eigenvalue weighted by Gasteiger charge is -2.17. The van der Waals surface area contributed by atoms with E-state index in [1.165, 1.54) is 6.20 Å². The van der Waals surface area contributed by atoms with Gasteiger partial charge in [0.2, 0.25) is 5.43 Å². The van der Waals surface area contributed by atoms with E-state index in [4.69, 9.17) is 0 Å². The van der Waals surface area contributed by atoms with Crippen LogP contribution < -0.4 is 10.7 Å². The second-order valence-electron chi connectivity index (χ2n) is 5.00. The van der Waals surface area contributed by atoms with Crippen LogP contribution in [0.5, 0.6) is 0 Å². The van der Waals surface area contributed by atoms with Gasteiger partial charge in [-0.25, -0.2) is 0 Å². The van der Waals surface area contributed by atoms with Crippen molar-refractivity contribution in [2.24, 2.45) is 0 Å². The third-order valence-electron chi connectivity index (χ3n) is 3.70. The Labute approximate surface area is 143 Å². The highest BCUT2D eigenvalue weighted by Gasteiger charge is 2.13. The molecule has 0 aliphatic rings. The predicted octanol–water partition coefficient (Wildman–Crippen LogP) is 2.20. The number of nitrogens with zero attached hydrogens (tertiary/aromatic N) is 1. The summed E-state index contributed by atoms with van der Waals surface area (Å²) < 4.78 is 0.967. The Kier molecular flexibility index (Phi) is 5.96. The van der Waals surface area contributed by atoms with Gasteiger partial charge in [0.25, 0.3) is 5.91 Å². The van der Waals surface area contributed by atoms with Crippen LogP contribution in [0.25, 0.3) is 10.9 Å². The number of rotatable bonds is 6. The molecule has 118 valence electrons. The molecule has 0 aliphatic heterocycles. The van der Waals surface area contributed by atoms with Crippen molar-refractivity contribution in [3.05, 3.63) is 43.8 Å². The Morgan fingerprint density at radius 2 is 2.05 bits per heavy atom. The molecule has 0 radical (unpaired) electrons. The topological polar surface area (TPSA) is 65.2 Å². The molecule has 1 aromatic carbocycles. The van der Waals surface area contributed by atoms with E-state index in [1.807, 2.05) is 12.1 Å². The smallest absolute Gasteiger partial charge is 0.256 e. The van der Waals surface area contributed by atoms with Gasteiger partial charge < -0.3 is 15.2 Å². The van der Waals surface area contributed by atoms with Crippen molar-refractivity contribution in [3.8, 4) is 0 Å². The van der Waals surface area contributed by atoms with Crippen molar-refractivity contribution in [1.29, 1.82) is 0 Å². The van der Waals surface area contributed by atoms with Gasteiger partial charge in [0.05, 0.1) is 0 Å². The maximum Gasteiger partial charge on any atom is 0.256 e. The van der Waals surface area contributed by atoms with E-state index in [9.17, 15) is 9.59 Å². The first-order chi connectivity index (χ1) is 10.6. The van der Waals surface area contributed by atoms with Crippen LogP contribution in [0.3, 0.4) is 0 Å². The lowest BCUT2D eigenvalue weighted by Crippen LogP contribution is -2.36. The molecule has 6 heteroatoms. The maximum atomic E-state index is 12.4. The number of aromatic amines is 1. The summed E-state index contributed by atoms with van der Waals surface area (Å²) in [5.74, 6) is -0.325. The quantitative estimate of drug-likeness (QED) is 0.714. The fourth-order valence-electron chi connectivity index (χ4n) is 2.32. The van der Waals surface area contributed by atoms with Gasteiger partial charge in [0.1, 0.15) is 5.56 Å². The van der Waals surface area contributed by atoms with Gasteiger partial charge in [-0.05, 0) is 53.9 Å². The normalized spacial score (nSPS) is 11.1. The van der Waals surface area contributed by atoms with Gasteiger partial charge in [-0.3, -0.25) is 9.59 Å². The summed E-state index contributed by atoms with van der Waals surface area (Å²) in [4.78, 5) is 29.9. The molecule has 0 unspecified atom stereocenters. The SMILES string of the molecule is CCN(CC)CCNC(=O)c1c[nH]c2ccc(I)cc2c1=O. The molecule has 0 fully saturated rings. The maximum absolute atomic E-state index is 12.4. The molecular formula is C16H20IN3O2. The zero-order valence-corrected chi connectivity index (χ0v) is 14.9. The van der Waals surface area contributed by atoms with E-state index in [1.54, 1.807) is 6.07 Å². The summed E-state index contributed by atoms with van der Waals surface area (Å²) in [6.45, 7) is 7.37. The van der Waals surface area contributed by atoms with Gasteiger partial charge in [-0.1, -0.05) is 13.8 Å². The Morgan fingerprint density at radius 1 is 1.32 bits per heavy atom. The van der Waals surface area contributed by atoms with Crippen LogP contribution in [0, 0.1) is 3.57 Å². The van der Waals surface area contributed by atoms with Crippen LogP contribution in [-0.2, 0) is 0 Å². The van der Waals surface area contributed by atoms with Crippen molar-refractivity contribution >= 4 is 39.4 Å². The third-order valence-corrected chi connectivity index (χ3v) is 4.37. The zero-order chi connectivity index (χ0) is 16.1. The number of hydrogen-bond donors (Lipinski definition) is 2. The minimum absolute atomic E-state index is 0.161. The highest BCUT2D eigenvalue weighted by molar-refractivity contribution is 14.1. The monoisotopic (exact) mass is 413 g/mol. The predicted molar refractivity (Wildman–Crippen MR) is 97.4 cm³/mol. The summed E-state index contributed by atoms with van der Waals surface area (Å²) in [6.07, 6.45) is 1.49. The molecule has 1 amide bonds. The van der Waals surface area contributed by atoms with E-state index in [-0.39, 0.29) is 16.9 Å². The van der Waals surface area contributed by atoms with Gasteiger partial charge in [-0.15, -0.1) is 0 Å². The molecule has 0 atom stereocenters. The average Bonchev–Trinajstić information content (AvgIpc) is 2.52. The minimum atomic E-state index is -0.325. The Balaban J connectivity index is 2.15. The summed E-state index contributed by atoms with van der Waals surface area (Å²) in [5.41, 5.74) is 0.673. The molecule has 0 aliphatic carbocycles. The lowest BCUT2D eigenvalue weighted by atomic mass is 10.1. The molecule has 1 heterocycles. The standard InChI is InChI=1S/C16H20IN3O2/c1-3-20(4-2)8-7-18-16(22)13-10-19-14-6-5-11(17)9-12(14)15(13)21/h5-6,9-10H,3-4,7-8H2,1-2H3,(H,18,22)(H,19,21). The largest absolute Gasteiger partial charge is 0.360 e. The summed E-state index contributed by atoms with van der Waals surface area (Å²) in [6, 6.07) is 5.56. The van der Waals surface area contributed by atoms with Crippen LogP contribution in [-0.4, -0.2) is 42.0 Å². The number of carbonyl (C=O) groups is 1. The van der Waals surface area contributed by atoms with E-state index < -0.39 is 0 Å². The van der Waals surface area contributed by atoms with Crippen LogP contribution >= 0.6 is 22.6 Å². The van der Waals surface area contributed by atoms with E-state index in [0.29, 0.717) is 11.9 Å². The van der Waals surface area contributed by atoms with E-state index in [2.05, 4.69) is 51.6 Å². The van der Waals surface area contributed by atoms with Crippen LogP contribution in [0.4, 0.5) is 0 Å². The molecule has 0 saturated carbocycles. The second-order valence-corrected chi connectivity index (χ2v) is 6.25. The van der Waals surface area contributed by atoms with Gasteiger partial charge in [0, 0.05) is 33.8 Å². The van der Waals surface area contributed by atoms with Gasteiger partial charge in [-0.2, -0.15) is 0 Å². The zero-order valence-electron chi connectivity index (χ0n) is 12.8. The molecule has 0 bridgehead atoms. The molecule has 0 saturated heterocycles. The number of H-pyrrole nitrogens is 1. The summed E-state index contributed by atoms with van der Waals surface area (Å²) in [5, 5.41) is 3.36. The van der Waals surface area contributed by atoms with Crippen LogP contribution in [0.2, 0.25) is 0 Å². The van der Waals surface area contributed by atoms with Crippen LogP contribution in [0.15, 0.2) is 29.2 Å². The average molecular weight is 413 g/mol. The number of pyridine rings is 1. The van der Waals surface area contributed by atoms with Crippen molar-refractivity contribution in [2.45, 2.75) is 13.8 Å². The van der Waals surface area contributed by atoms with Crippen molar-refractivity contribution in [2.75, 3.05) is 26.2 Å². The fraction of sp³-hybridized carbons (Fsp3) is 0.375. The summed E-state index contributed by atoms with van der Waals surface area (Å²) in [7, 11) is 0. The van der Waals surface area contributed by atoms with E-state index >= 15 is 0 Å². The molecule has 2 rings (SSSR count). The third kappa shape index (κ3) is 3.86. The summed E-state index contributed by atoms with van der Waals surface area (Å²) >= 11 is 2.15. The van der Waals surface area contributed by atoms with Crippen molar-refractivity contribution in [3.63, 3.8) is 0 Å². The lowest BCUT2D eigenvalue weighted by molar-refractivity contribution is 0.0947. The number of benzene rings is 1. The van der Waals surface area contributed by atoms with Gasteiger partial charge >= 0.3 is 0 Å². The number of nitrogens with one attached hydrogen (secondary N) is 2. The second kappa shape index (κ2) is 7.73. The highest BCUT2D eigenvalue weighted by Crippen LogP contribution is 2.12. The van der Waals surface area contributed by atoms with Crippen molar-refractivity contribution < 1.29 is 4.79 Å². The number of aromatic nitrogens is 1. The molecular weight excluding hydrogens is 393 g/mol. The Bertz CT molecular complexity index is 723. The number of halogens is 1. The first-order valence-electron chi connectivity index (χ1n) is 7.38. The Hall–Kier alpha value is -1.41. The number of hydrogen-bond acceptors (Lipinski definition) is 3. The molecule has 5 nitrogen and oxygen atoms in total. The first-order valence-corrected chi connectivity index (χ1v) is 8.46. The van der Waals surface area contributed by atoms with Gasteiger partial charge in [0.15, 0.2) is 0 Å². The number of amides is 1. The van der Waals surface area contributed by atoms with E-state index in [0.717, 1.165) is 28.7 Å². The highest BCUT2D eigenvalue weighted by atomic mass is 127.